The molecule has 2 saturated carbocycles. The average molecular weight is 400 g/mol. The maximum absolute atomic E-state index is 13.8. The van der Waals surface area contributed by atoms with E-state index < -0.39 is 0 Å². The summed E-state index contributed by atoms with van der Waals surface area (Å²) in [5.41, 5.74) is 5.88. The Balaban J connectivity index is 1.16. The first-order chi connectivity index (χ1) is 14.7. The monoisotopic (exact) mass is 399 g/mol. The fraction of sp³-hybridized carbons (Fsp3) is 0.385. The number of rotatable bonds is 4. The van der Waals surface area contributed by atoms with Gasteiger partial charge in [-0.3, -0.25) is 4.98 Å². The molecule has 2 aliphatic rings. The molecular formula is C26H26FN3. The van der Waals surface area contributed by atoms with Gasteiger partial charge in [-0.25, -0.2) is 9.37 Å². The molecule has 0 saturated heterocycles. The lowest BCUT2D eigenvalue weighted by Crippen LogP contribution is -2.16. The Morgan fingerprint density at radius 3 is 2.53 bits per heavy atom. The van der Waals surface area contributed by atoms with Crippen molar-refractivity contribution in [1.29, 1.82) is 0 Å². The SMILES string of the molecule is Fc1ccc2nccc([C@H]3CC[C@H](Cc4nc5cc(C6CC6)ccc5[nH]4)CC3)c2c1. The van der Waals surface area contributed by atoms with E-state index in [1.807, 2.05) is 6.20 Å². The van der Waals surface area contributed by atoms with Gasteiger partial charge in [0.25, 0.3) is 0 Å². The van der Waals surface area contributed by atoms with Gasteiger partial charge in [-0.05, 0) is 104 Å². The van der Waals surface area contributed by atoms with Crippen molar-refractivity contribution >= 4 is 21.9 Å². The van der Waals surface area contributed by atoms with Crippen molar-refractivity contribution in [3.8, 4) is 0 Å². The Morgan fingerprint density at radius 1 is 0.867 bits per heavy atom. The summed E-state index contributed by atoms with van der Waals surface area (Å²) in [6.07, 6.45) is 10.2. The highest BCUT2D eigenvalue weighted by Gasteiger charge is 2.26. The van der Waals surface area contributed by atoms with Gasteiger partial charge in [-0.15, -0.1) is 0 Å². The van der Waals surface area contributed by atoms with E-state index in [-0.39, 0.29) is 5.82 Å². The van der Waals surface area contributed by atoms with Crippen LogP contribution < -0.4 is 0 Å². The molecule has 0 aliphatic heterocycles. The number of nitrogens with zero attached hydrogens (tertiary/aromatic N) is 2. The summed E-state index contributed by atoms with van der Waals surface area (Å²) in [5, 5.41) is 0.977. The van der Waals surface area contributed by atoms with Gasteiger partial charge in [0, 0.05) is 18.0 Å². The van der Waals surface area contributed by atoms with Crippen molar-refractivity contribution in [2.24, 2.45) is 5.92 Å². The molecule has 1 N–H and O–H groups in total. The summed E-state index contributed by atoms with van der Waals surface area (Å²) in [6.45, 7) is 0. The van der Waals surface area contributed by atoms with E-state index in [0.29, 0.717) is 11.8 Å². The number of benzene rings is 2. The van der Waals surface area contributed by atoms with Crippen LogP contribution in [0.1, 0.15) is 67.3 Å². The van der Waals surface area contributed by atoms with Crippen molar-refractivity contribution in [3.05, 3.63) is 71.4 Å². The molecule has 0 radical (unpaired) electrons. The molecule has 3 nitrogen and oxygen atoms in total. The van der Waals surface area contributed by atoms with E-state index >= 15 is 0 Å². The van der Waals surface area contributed by atoms with Gasteiger partial charge in [0.05, 0.1) is 16.6 Å². The number of halogens is 1. The van der Waals surface area contributed by atoms with Gasteiger partial charge in [0.2, 0.25) is 0 Å². The van der Waals surface area contributed by atoms with Crippen molar-refractivity contribution in [2.75, 3.05) is 0 Å². The van der Waals surface area contributed by atoms with E-state index in [2.05, 4.69) is 34.2 Å². The third-order valence-electron chi connectivity index (χ3n) is 7.11. The number of hydrogen-bond donors (Lipinski definition) is 1. The average Bonchev–Trinajstić information content (AvgIpc) is 3.54. The third-order valence-corrected chi connectivity index (χ3v) is 7.11. The molecule has 2 heterocycles. The van der Waals surface area contributed by atoms with E-state index in [4.69, 9.17) is 4.98 Å². The molecule has 0 unspecified atom stereocenters. The zero-order chi connectivity index (χ0) is 20.1. The summed E-state index contributed by atoms with van der Waals surface area (Å²) in [5.74, 6) is 2.86. The van der Waals surface area contributed by atoms with Crippen molar-refractivity contribution in [3.63, 3.8) is 0 Å². The van der Waals surface area contributed by atoms with Crippen LogP contribution in [0.3, 0.4) is 0 Å². The Morgan fingerprint density at radius 2 is 1.70 bits per heavy atom. The number of pyridine rings is 1. The quantitative estimate of drug-likeness (QED) is 0.418. The molecule has 0 atom stereocenters. The fourth-order valence-corrected chi connectivity index (χ4v) is 5.29. The van der Waals surface area contributed by atoms with Crippen molar-refractivity contribution in [1.82, 2.24) is 15.0 Å². The summed E-state index contributed by atoms with van der Waals surface area (Å²) in [7, 11) is 0. The topological polar surface area (TPSA) is 41.6 Å². The van der Waals surface area contributed by atoms with Crippen molar-refractivity contribution in [2.45, 2.75) is 56.8 Å². The van der Waals surface area contributed by atoms with E-state index in [9.17, 15) is 4.39 Å². The normalized spacial score (nSPS) is 22.0. The molecule has 2 aromatic heterocycles. The predicted octanol–water partition coefficient (Wildman–Crippen LogP) is 6.64. The molecule has 0 amide bonds. The van der Waals surface area contributed by atoms with Gasteiger partial charge in [-0.1, -0.05) is 6.07 Å². The molecule has 2 aliphatic carbocycles. The first kappa shape index (κ1) is 18.1. The van der Waals surface area contributed by atoms with Gasteiger partial charge in [0.15, 0.2) is 0 Å². The summed E-state index contributed by atoms with van der Waals surface area (Å²) >= 11 is 0. The second kappa shape index (κ2) is 7.19. The highest BCUT2D eigenvalue weighted by molar-refractivity contribution is 5.82. The zero-order valence-electron chi connectivity index (χ0n) is 17.1. The highest BCUT2D eigenvalue weighted by Crippen LogP contribution is 2.41. The minimum absolute atomic E-state index is 0.180. The molecule has 4 heteroatoms. The summed E-state index contributed by atoms with van der Waals surface area (Å²) in [4.78, 5) is 12.9. The number of nitrogens with one attached hydrogen (secondary N) is 1. The van der Waals surface area contributed by atoms with Crippen LogP contribution in [0.15, 0.2) is 48.7 Å². The second-order valence-corrected chi connectivity index (χ2v) is 9.22. The molecule has 0 spiro atoms. The Kier molecular flexibility index (Phi) is 4.33. The van der Waals surface area contributed by atoms with E-state index in [1.165, 1.54) is 42.9 Å². The number of H-pyrrole nitrogens is 1. The molecule has 0 bridgehead atoms. The number of hydrogen-bond acceptors (Lipinski definition) is 2. The molecular weight excluding hydrogens is 373 g/mol. The highest BCUT2D eigenvalue weighted by atomic mass is 19.1. The number of aromatic amines is 1. The maximum Gasteiger partial charge on any atom is 0.123 e. The predicted molar refractivity (Wildman–Crippen MR) is 118 cm³/mol. The molecule has 6 rings (SSSR count). The lowest BCUT2D eigenvalue weighted by molar-refractivity contribution is 0.322. The lowest BCUT2D eigenvalue weighted by atomic mass is 9.77. The van der Waals surface area contributed by atoms with Crippen LogP contribution >= 0.6 is 0 Å². The van der Waals surface area contributed by atoms with E-state index in [1.54, 1.807) is 12.1 Å². The van der Waals surface area contributed by atoms with Gasteiger partial charge >= 0.3 is 0 Å². The Hall–Kier alpha value is -2.75. The van der Waals surface area contributed by atoms with E-state index in [0.717, 1.165) is 52.9 Å². The minimum Gasteiger partial charge on any atom is -0.342 e. The number of imidazole rings is 1. The molecule has 4 aromatic rings. The minimum atomic E-state index is -0.180. The standard InChI is InChI=1S/C26H26FN3/c27-20-8-10-23-22(15-20)21(11-12-28-23)18-3-1-16(2-4-18)13-26-29-24-9-7-19(17-5-6-17)14-25(24)30-26/h7-12,14-18H,1-6,13H2,(H,29,30)/t16-,18-. The van der Waals surface area contributed by atoms with Crippen LogP contribution in [0.2, 0.25) is 0 Å². The smallest absolute Gasteiger partial charge is 0.123 e. The Bertz CT molecular complexity index is 1220. The first-order valence-electron chi connectivity index (χ1n) is 11.3. The van der Waals surface area contributed by atoms with Gasteiger partial charge < -0.3 is 4.98 Å². The summed E-state index contributed by atoms with van der Waals surface area (Å²) in [6, 6.07) is 13.8. The summed E-state index contributed by atoms with van der Waals surface area (Å²) < 4.78 is 13.8. The number of aromatic nitrogens is 3. The first-order valence-corrected chi connectivity index (χ1v) is 11.3. The van der Waals surface area contributed by atoms with Gasteiger partial charge in [0.1, 0.15) is 11.6 Å². The van der Waals surface area contributed by atoms with Crippen LogP contribution in [0, 0.1) is 11.7 Å². The molecule has 30 heavy (non-hydrogen) atoms. The van der Waals surface area contributed by atoms with Crippen LogP contribution in [-0.2, 0) is 6.42 Å². The molecule has 152 valence electrons. The number of fused-ring (bicyclic) bond motifs is 2. The third kappa shape index (κ3) is 3.38. The van der Waals surface area contributed by atoms with Crippen LogP contribution in [0.5, 0.6) is 0 Å². The Labute approximate surface area is 175 Å². The molecule has 2 aromatic carbocycles. The van der Waals surface area contributed by atoms with Gasteiger partial charge in [-0.2, -0.15) is 0 Å². The van der Waals surface area contributed by atoms with Crippen LogP contribution in [0.25, 0.3) is 21.9 Å². The molecule has 2 fully saturated rings. The van der Waals surface area contributed by atoms with Crippen LogP contribution in [0.4, 0.5) is 4.39 Å². The lowest BCUT2D eigenvalue weighted by Gasteiger charge is -2.29. The maximum atomic E-state index is 13.8. The zero-order valence-corrected chi connectivity index (χ0v) is 17.1. The van der Waals surface area contributed by atoms with Crippen molar-refractivity contribution < 1.29 is 4.39 Å². The fourth-order valence-electron chi connectivity index (χ4n) is 5.29. The second-order valence-electron chi connectivity index (χ2n) is 9.22. The van der Waals surface area contributed by atoms with Crippen LogP contribution in [-0.4, -0.2) is 15.0 Å². The largest absolute Gasteiger partial charge is 0.342 e.